The van der Waals surface area contributed by atoms with E-state index in [1.54, 1.807) is 11.6 Å². The first kappa shape index (κ1) is 20.0. The molecule has 1 atom stereocenters. The first-order valence-electron chi connectivity index (χ1n) is 8.92. The van der Waals surface area contributed by atoms with Crippen LogP contribution < -0.4 is 20.5 Å². The molecule has 0 saturated heterocycles. The highest BCUT2D eigenvalue weighted by Crippen LogP contribution is 2.32. The third-order valence-electron chi connectivity index (χ3n) is 4.30. The number of thioether (sulfide) groups is 1. The summed E-state index contributed by atoms with van der Waals surface area (Å²) in [4.78, 5) is 23.2. The molecule has 9 nitrogen and oxygen atoms in total. The predicted octanol–water partition coefficient (Wildman–Crippen LogP) is 0.974. The summed E-state index contributed by atoms with van der Waals surface area (Å²) in [5.74, 6) is 1.78. The number of primary amides is 1. The van der Waals surface area contributed by atoms with Crippen molar-refractivity contribution < 1.29 is 19.1 Å². The van der Waals surface area contributed by atoms with E-state index in [-0.39, 0.29) is 30.0 Å². The number of nitrogens with one attached hydrogen (secondary N) is 1. The molecule has 0 radical (unpaired) electrons. The van der Waals surface area contributed by atoms with Crippen molar-refractivity contribution in [2.24, 2.45) is 12.8 Å². The smallest absolute Gasteiger partial charge is 0.230 e. The van der Waals surface area contributed by atoms with Crippen molar-refractivity contribution in [2.75, 3.05) is 19.0 Å². The van der Waals surface area contributed by atoms with Crippen LogP contribution in [0.3, 0.4) is 0 Å². The molecule has 2 amide bonds. The Bertz CT molecular complexity index is 870. The number of carbonyl (C=O) groups is 2. The Kier molecular flexibility index (Phi) is 6.40. The Balaban J connectivity index is 1.52. The molecule has 2 aromatic rings. The Hall–Kier alpha value is -2.75. The van der Waals surface area contributed by atoms with Gasteiger partial charge in [0.2, 0.25) is 11.8 Å². The SMILES string of the molecule is C[C@@H](NC(=O)CSc1nnc(CCC(N)=O)n1C)c1ccc2c(c1)OCCO2. The van der Waals surface area contributed by atoms with Gasteiger partial charge in [-0.2, -0.15) is 0 Å². The van der Waals surface area contributed by atoms with E-state index in [0.717, 1.165) is 11.3 Å². The molecule has 0 spiro atoms. The largest absolute Gasteiger partial charge is 0.486 e. The molecule has 0 saturated carbocycles. The van der Waals surface area contributed by atoms with Crippen molar-refractivity contribution in [3.63, 3.8) is 0 Å². The highest BCUT2D eigenvalue weighted by molar-refractivity contribution is 7.99. The maximum Gasteiger partial charge on any atom is 0.230 e. The summed E-state index contributed by atoms with van der Waals surface area (Å²) >= 11 is 1.29. The monoisotopic (exact) mass is 405 g/mol. The van der Waals surface area contributed by atoms with Gasteiger partial charge in [0.05, 0.1) is 11.8 Å². The Labute approximate surface area is 167 Å². The van der Waals surface area contributed by atoms with Crippen LogP contribution >= 0.6 is 11.8 Å². The van der Waals surface area contributed by atoms with Gasteiger partial charge in [-0.15, -0.1) is 10.2 Å². The van der Waals surface area contributed by atoms with E-state index < -0.39 is 0 Å². The minimum atomic E-state index is -0.385. The maximum absolute atomic E-state index is 12.3. The standard InChI is InChI=1S/C18H23N5O4S/c1-11(12-3-4-13-14(9-12)27-8-7-26-13)20-17(25)10-28-18-22-21-16(23(18)2)6-5-15(19)24/h3-4,9,11H,5-8,10H2,1-2H3,(H2,19,24)(H,20,25)/t11-/m1/s1. The second-order valence-electron chi connectivity index (χ2n) is 6.41. The molecule has 2 heterocycles. The van der Waals surface area contributed by atoms with Crippen LogP contribution in [0.2, 0.25) is 0 Å². The molecule has 0 bridgehead atoms. The van der Waals surface area contributed by atoms with Crippen LogP contribution in [0.5, 0.6) is 11.5 Å². The van der Waals surface area contributed by atoms with Crippen LogP contribution in [-0.4, -0.2) is 45.5 Å². The molecule has 28 heavy (non-hydrogen) atoms. The third kappa shape index (κ3) is 4.94. The molecule has 3 N–H and O–H groups in total. The van der Waals surface area contributed by atoms with Gasteiger partial charge in [0, 0.05) is 19.9 Å². The zero-order valence-corrected chi connectivity index (χ0v) is 16.6. The second-order valence-corrected chi connectivity index (χ2v) is 7.35. The molecule has 150 valence electrons. The number of fused-ring (bicyclic) bond motifs is 1. The lowest BCUT2D eigenvalue weighted by Gasteiger charge is -2.21. The predicted molar refractivity (Wildman–Crippen MR) is 103 cm³/mol. The number of hydrogen-bond acceptors (Lipinski definition) is 7. The number of ether oxygens (including phenoxy) is 2. The van der Waals surface area contributed by atoms with Crippen molar-refractivity contribution in [2.45, 2.75) is 31.0 Å². The van der Waals surface area contributed by atoms with Crippen LogP contribution in [0.4, 0.5) is 0 Å². The molecule has 10 heteroatoms. The van der Waals surface area contributed by atoms with Crippen molar-refractivity contribution in [3.05, 3.63) is 29.6 Å². The lowest BCUT2D eigenvalue weighted by Crippen LogP contribution is -2.28. The van der Waals surface area contributed by atoms with E-state index in [1.807, 2.05) is 25.1 Å². The van der Waals surface area contributed by atoms with Crippen LogP contribution in [0, 0.1) is 0 Å². The number of amides is 2. The number of hydrogen-bond donors (Lipinski definition) is 2. The number of nitrogens with zero attached hydrogens (tertiary/aromatic N) is 3. The zero-order chi connectivity index (χ0) is 20.1. The Morgan fingerprint density at radius 1 is 1.29 bits per heavy atom. The zero-order valence-electron chi connectivity index (χ0n) is 15.8. The van der Waals surface area contributed by atoms with Gasteiger partial charge in [-0.1, -0.05) is 17.8 Å². The molecular formula is C18H23N5O4S. The molecule has 0 aliphatic carbocycles. The second kappa shape index (κ2) is 8.96. The number of carbonyl (C=O) groups excluding carboxylic acids is 2. The van der Waals surface area contributed by atoms with E-state index in [1.165, 1.54) is 11.8 Å². The van der Waals surface area contributed by atoms with Gasteiger partial charge in [-0.25, -0.2) is 0 Å². The van der Waals surface area contributed by atoms with Crippen molar-refractivity contribution in [1.29, 1.82) is 0 Å². The van der Waals surface area contributed by atoms with Gasteiger partial charge >= 0.3 is 0 Å². The number of rotatable bonds is 8. The minimum Gasteiger partial charge on any atom is -0.486 e. The van der Waals surface area contributed by atoms with Crippen molar-refractivity contribution >= 4 is 23.6 Å². The third-order valence-corrected chi connectivity index (χ3v) is 5.32. The number of benzene rings is 1. The summed E-state index contributed by atoms with van der Waals surface area (Å²) in [6.45, 7) is 2.98. The van der Waals surface area contributed by atoms with E-state index in [2.05, 4.69) is 15.5 Å². The van der Waals surface area contributed by atoms with Crippen LogP contribution in [0.1, 0.15) is 30.8 Å². The minimum absolute atomic E-state index is 0.117. The fourth-order valence-corrected chi connectivity index (χ4v) is 3.49. The average Bonchev–Trinajstić information content (AvgIpc) is 3.04. The number of nitrogens with two attached hydrogens (primary N) is 1. The Morgan fingerprint density at radius 2 is 2.04 bits per heavy atom. The molecule has 1 aromatic heterocycles. The molecule has 1 aliphatic rings. The van der Waals surface area contributed by atoms with Gasteiger partial charge in [0.1, 0.15) is 19.0 Å². The first-order chi connectivity index (χ1) is 13.4. The lowest BCUT2D eigenvalue weighted by molar-refractivity contribution is -0.119. The summed E-state index contributed by atoms with van der Waals surface area (Å²) in [5.41, 5.74) is 6.10. The van der Waals surface area contributed by atoms with Crippen LogP contribution in [0.15, 0.2) is 23.4 Å². The van der Waals surface area contributed by atoms with Gasteiger partial charge in [-0.3, -0.25) is 9.59 Å². The Morgan fingerprint density at radius 3 is 2.79 bits per heavy atom. The van der Waals surface area contributed by atoms with E-state index >= 15 is 0 Å². The highest BCUT2D eigenvalue weighted by atomic mass is 32.2. The van der Waals surface area contributed by atoms with Gasteiger partial charge in [0.15, 0.2) is 16.7 Å². The van der Waals surface area contributed by atoms with E-state index in [9.17, 15) is 9.59 Å². The van der Waals surface area contributed by atoms with E-state index in [0.29, 0.717) is 36.4 Å². The molecular weight excluding hydrogens is 382 g/mol. The number of aromatic nitrogens is 3. The van der Waals surface area contributed by atoms with Gasteiger partial charge in [0.25, 0.3) is 0 Å². The van der Waals surface area contributed by atoms with Gasteiger partial charge in [-0.05, 0) is 24.6 Å². The summed E-state index contributed by atoms with van der Waals surface area (Å²) in [6.07, 6.45) is 0.636. The average molecular weight is 405 g/mol. The molecule has 0 unspecified atom stereocenters. The highest BCUT2D eigenvalue weighted by Gasteiger charge is 2.17. The van der Waals surface area contributed by atoms with Crippen molar-refractivity contribution in [3.8, 4) is 11.5 Å². The fraction of sp³-hybridized carbons (Fsp3) is 0.444. The molecule has 3 rings (SSSR count). The topological polar surface area (TPSA) is 121 Å². The number of aryl methyl sites for hydroxylation is 1. The normalized spacial score (nSPS) is 13.8. The molecule has 0 fully saturated rings. The lowest BCUT2D eigenvalue weighted by atomic mass is 10.1. The quantitative estimate of drug-likeness (QED) is 0.628. The summed E-state index contributed by atoms with van der Waals surface area (Å²) in [7, 11) is 1.80. The summed E-state index contributed by atoms with van der Waals surface area (Å²) in [6, 6.07) is 5.49. The summed E-state index contributed by atoms with van der Waals surface area (Å²) in [5, 5.41) is 11.7. The van der Waals surface area contributed by atoms with Crippen LogP contribution in [0.25, 0.3) is 0 Å². The van der Waals surface area contributed by atoms with Gasteiger partial charge < -0.3 is 25.1 Å². The molecule has 1 aromatic carbocycles. The summed E-state index contributed by atoms with van der Waals surface area (Å²) < 4.78 is 12.9. The fourth-order valence-electron chi connectivity index (χ4n) is 2.75. The maximum atomic E-state index is 12.3. The van der Waals surface area contributed by atoms with Crippen LogP contribution in [-0.2, 0) is 23.1 Å². The van der Waals surface area contributed by atoms with Crippen molar-refractivity contribution in [1.82, 2.24) is 20.1 Å². The van der Waals surface area contributed by atoms with E-state index in [4.69, 9.17) is 15.2 Å². The first-order valence-corrected chi connectivity index (χ1v) is 9.91. The molecule has 1 aliphatic heterocycles.